The van der Waals surface area contributed by atoms with E-state index in [2.05, 4.69) is 4.74 Å². The fourth-order valence-electron chi connectivity index (χ4n) is 0.794. The van der Waals surface area contributed by atoms with Crippen molar-refractivity contribution in [3.05, 3.63) is 0 Å². The summed E-state index contributed by atoms with van der Waals surface area (Å²) in [7, 11) is 0. The average molecular weight is 174 g/mol. The molecule has 1 atom stereocenters. The Labute approximate surface area is 71.5 Å². The Balaban J connectivity index is 3.99. The molecule has 0 rings (SSSR count). The molecule has 0 aliphatic carbocycles. The zero-order valence-corrected chi connectivity index (χ0v) is 7.37. The smallest absolute Gasteiger partial charge is 0.345 e. The quantitative estimate of drug-likeness (QED) is 0.377. The minimum Gasteiger partial charge on any atom is -0.393 e. The Hall–Kier alpha value is -0.900. The molecule has 70 valence electrons. The van der Waals surface area contributed by atoms with Gasteiger partial charge in [-0.1, -0.05) is 19.8 Å². The SMILES string of the molecule is CCCCC(C)(O)C(=O)OC=O. The molecule has 4 nitrogen and oxygen atoms in total. The summed E-state index contributed by atoms with van der Waals surface area (Å²) < 4.78 is 4.03. The zero-order valence-electron chi connectivity index (χ0n) is 7.37. The Morgan fingerprint density at radius 1 is 1.67 bits per heavy atom. The maximum atomic E-state index is 10.9. The zero-order chi connectivity index (χ0) is 9.61. The van der Waals surface area contributed by atoms with Crippen LogP contribution in [0.25, 0.3) is 0 Å². The second kappa shape index (κ2) is 4.87. The van der Waals surface area contributed by atoms with Crippen LogP contribution in [-0.2, 0) is 14.3 Å². The van der Waals surface area contributed by atoms with E-state index in [1.54, 1.807) is 0 Å². The summed E-state index contributed by atoms with van der Waals surface area (Å²) in [6, 6.07) is 0. The maximum Gasteiger partial charge on any atom is 0.345 e. The molecule has 1 unspecified atom stereocenters. The summed E-state index contributed by atoms with van der Waals surface area (Å²) in [5, 5.41) is 9.41. The lowest BCUT2D eigenvalue weighted by Crippen LogP contribution is -2.36. The van der Waals surface area contributed by atoms with Gasteiger partial charge < -0.3 is 9.84 Å². The molecule has 0 saturated carbocycles. The first-order chi connectivity index (χ1) is 5.54. The standard InChI is InChI=1S/C8H14O4/c1-3-4-5-8(2,11)7(10)12-6-9/h6,11H,3-5H2,1-2H3. The van der Waals surface area contributed by atoms with Crippen LogP contribution in [0.15, 0.2) is 0 Å². The molecule has 0 aliphatic rings. The molecule has 0 fully saturated rings. The average Bonchev–Trinajstić information content (AvgIpc) is 2.01. The van der Waals surface area contributed by atoms with E-state index in [1.165, 1.54) is 6.92 Å². The molecule has 0 aromatic heterocycles. The number of ether oxygens (including phenoxy) is 1. The molecule has 0 aliphatic heterocycles. The number of hydrogen-bond donors (Lipinski definition) is 1. The third-order valence-electron chi connectivity index (χ3n) is 1.61. The van der Waals surface area contributed by atoms with Crippen molar-refractivity contribution < 1.29 is 19.4 Å². The highest BCUT2D eigenvalue weighted by molar-refractivity contribution is 5.83. The molecule has 0 bridgehead atoms. The Morgan fingerprint density at radius 3 is 2.67 bits per heavy atom. The van der Waals surface area contributed by atoms with E-state index < -0.39 is 11.6 Å². The van der Waals surface area contributed by atoms with Crippen LogP contribution in [0.3, 0.4) is 0 Å². The molecule has 0 saturated heterocycles. The highest BCUT2D eigenvalue weighted by Crippen LogP contribution is 2.14. The van der Waals surface area contributed by atoms with Gasteiger partial charge in [-0.15, -0.1) is 0 Å². The fraction of sp³-hybridized carbons (Fsp3) is 0.750. The number of rotatable bonds is 5. The molecule has 12 heavy (non-hydrogen) atoms. The molecule has 0 heterocycles. The van der Waals surface area contributed by atoms with E-state index in [-0.39, 0.29) is 6.47 Å². The maximum absolute atomic E-state index is 10.9. The van der Waals surface area contributed by atoms with Gasteiger partial charge in [-0.3, -0.25) is 4.79 Å². The van der Waals surface area contributed by atoms with Crippen LogP contribution in [0.2, 0.25) is 0 Å². The number of carbonyl (C=O) groups is 2. The van der Waals surface area contributed by atoms with Crippen LogP contribution < -0.4 is 0 Å². The summed E-state index contributed by atoms with van der Waals surface area (Å²) in [6.07, 6.45) is 1.92. The number of carbonyl (C=O) groups excluding carboxylic acids is 2. The largest absolute Gasteiger partial charge is 0.393 e. The van der Waals surface area contributed by atoms with E-state index in [0.717, 1.165) is 12.8 Å². The second-order valence-corrected chi connectivity index (χ2v) is 2.88. The van der Waals surface area contributed by atoms with Crippen LogP contribution in [0.4, 0.5) is 0 Å². The highest BCUT2D eigenvalue weighted by atomic mass is 16.6. The number of esters is 1. The molecule has 4 heteroatoms. The van der Waals surface area contributed by atoms with Gasteiger partial charge in [0.2, 0.25) is 0 Å². The third-order valence-corrected chi connectivity index (χ3v) is 1.61. The van der Waals surface area contributed by atoms with Crippen molar-refractivity contribution in [2.24, 2.45) is 0 Å². The van der Waals surface area contributed by atoms with E-state index in [4.69, 9.17) is 0 Å². The topological polar surface area (TPSA) is 63.6 Å². The van der Waals surface area contributed by atoms with Crippen molar-refractivity contribution in [1.29, 1.82) is 0 Å². The van der Waals surface area contributed by atoms with Crippen LogP contribution in [0.5, 0.6) is 0 Å². The van der Waals surface area contributed by atoms with Gasteiger partial charge in [-0.05, 0) is 13.3 Å². The van der Waals surface area contributed by atoms with Gasteiger partial charge >= 0.3 is 12.4 Å². The molecular formula is C8H14O4. The molecule has 0 amide bonds. The third kappa shape index (κ3) is 3.48. The summed E-state index contributed by atoms with van der Waals surface area (Å²) in [6.45, 7) is 3.32. The molecule has 0 aromatic rings. The van der Waals surface area contributed by atoms with Gasteiger partial charge in [0, 0.05) is 0 Å². The fourth-order valence-corrected chi connectivity index (χ4v) is 0.794. The monoisotopic (exact) mass is 174 g/mol. The lowest BCUT2D eigenvalue weighted by atomic mass is 10.00. The number of aliphatic hydroxyl groups is 1. The van der Waals surface area contributed by atoms with Crippen molar-refractivity contribution in [2.45, 2.75) is 38.7 Å². The summed E-state index contributed by atoms with van der Waals surface area (Å²) in [5.41, 5.74) is -1.53. The minimum atomic E-state index is -1.53. The van der Waals surface area contributed by atoms with E-state index in [0.29, 0.717) is 6.42 Å². The number of hydrogen-bond acceptors (Lipinski definition) is 4. The minimum absolute atomic E-state index is 0.0305. The lowest BCUT2D eigenvalue weighted by Gasteiger charge is -2.18. The van der Waals surface area contributed by atoms with Gasteiger partial charge in [-0.2, -0.15) is 0 Å². The van der Waals surface area contributed by atoms with E-state index in [9.17, 15) is 14.7 Å². The summed E-state index contributed by atoms with van der Waals surface area (Å²) in [5.74, 6) is -0.883. The van der Waals surface area contributed by atoms with Gasteiger partial charge in [0.05, 0.1) is 0 Å². The molecule has 0 radical (unpaired) electrons. The van der Waals surface area contributed by atoms with Gasteiger partial charge in [0.25, 0.3) is 0 Å². The van der Waals surface area contributed by atoms with Crippen LogP contribution >= 0.6 is 0 Å². The predicted molar refractivity (Wildman–Crippen MR) is 42.3 cm³/mol. The van der Waals surface area contributed by atoms with Crippen molar-refractivity contribution in [3.63, 3.8) is 0 Å². The molecule has 1 N–H and O–H groups in total. The number of unbranched alkanes of at least 4 members (excludes halogenated alkanes) is 1. The molecular weight excluding hydrogens is 160 g/mol. The summed E-state index contributed by atoms with van der Waals surface area (Å²) in [4.78, 5) is 20.6. The van der Waals surface area contributed by atoms with Crippen LogP contribution in [0.1, 0.15) is 33.1 Å². The molecule has 0 spiro atoms. The lowest BCUT2D eigenvalue weighted by molar-refractivity contribution is -0.167. The highest BCUT2D eigenvalue weighted by Gasteiger charge is 2.31. The van der Waals surface area contributed by atoms with Gasteiger partial charge in [0.15, 0.2) is 5.60 Å². The predicted octanol–water partition coefficient (Wildman–Crippen LogP) is 0.627. The first-order valence-corrected chi connectivity index (χ1v) is 3.91. The second-order valence-electron chi connectivity index (χ2n) is 2.88. The van der Waals surface area contributed by atoms with Gasteiger partial charge in [-0.25, -0.2) is 4.79 Å². The molecule has 0 aromatic carbocycles. The van der Waals surface area contributed by atoms with Crippen molar-refractivity contribution in [2.75, 3.05) is 0 Å². The van der Waals surface area contributed by atoms with E-state index in [1.807, 2.05) is 6.92 Å². The van der Waals surface area contributed by atoms with Crippen molar-refractivity contribution >= 4 is 12.4 Å². The Morgan fingerprint density at radius 2 is 2.25 bits per heavy atom. The van der Waals surface area contributed by atoms with Crippen molar-refractivity contribution in [3.8, 4) is 0 Å². The first-order valence-electron chi connectivity index (χ1n) is 3.91. The van der Waals surface area contributed by atoms with E-state index >= 15 is 0 Å². The Kier molecular flexibility index (Phi) is 4.51. The van der Waals surface area contributed by atoms with Crippen LogP contribution in [-0.4, -0.2) is 23.1 Å². The first kappa shape index (κ1) is 11.1. The summed E-state index contributed by atoms with van der Waals surface area (Å²) >= 11 is 0. The van der Waals surface area contributed by atoms with Crippen molar-refractivity contribution in [1.82, 2.24) is 0 Å². The normalized spacial score (nSPS) is 14.9. The Bertz CT molecular complexity index is 162. The van der Waals surface area contributed by atoms with Crippen LogP contribution in [0, 0.1) is 0 Å². The van der Waals surface area contributed by atoms with Gasteiger partial charge in [0.1, 0.15) is 0 Å².